The van der Waals surface area contributed by atoms with E-state index in [1.165, 1.54) is 17.3 Å². The van der Waals surface area contributed by atoms with Crippen LogP contribution < -0.4 is 0 Å². The number of thioether (sulfide) groups is 1. The van der Waals surface area contributed by atoms with Crippen molar-refractivity contribution in [1.29, 1.82) is 0 Å². The van der Waals surface area contributed by atoms with Crippen molar-refractivity contribution in [3.05, 3.63) is 84.6 Å². The fourth-order valence-corrected chi connectivity index (χ4v) is 4.98. The highest BCUT2D eigenvalue weighted by atomic mass is 32.2. The van der Waals surface area contributed by atoms with Crippen molar-refractivity contribution in [1.82, 2.24) is 29.3 Å². The van der Waals surface area contributed by atoms with Crippen LogP contribution in [0.5, 0.6) is 0 Å². The van der Waals surface area contributed by atoms with E-state index in [0.29, 0.717) is 5.75 Å². The summed E-state index contributed by atoms with van der Waals surface area (Å²) in [6.45, 7) is 4.96. The van der Waals surface area contributed by atoms with Crippen LogP contribution in [0, 0.1) is 0 Å². The van der Waals surface area contributed by atoms with E-state index in [4.69, 9.17) is 0 Å². The van der Waals surface area contributed by atoms with Crippen LogP contribution in [0.2, 0.25) is 0 Å². The lowest BCUT2D eigenvalue weighted by atomic mass is 10.2. The van der Waals surface area contributed by atoms with Gasteiger partial charge < -0.3 is 9.47 Å². The number of carbonyl (C=O) groups is 1. The Balaban J connectivity index is 1.13. The van der Waals surface area contributed by atoms with Gasteiger partial charge in [0.25, 0.3) is 0 Å². The lowest BCUT2D eigenvalue weighted by Gasteiger charge is -2.22. The van der Waals surface area contributed by atoms with Crippen LogP contribution in [0.15, 0.2) is 78.2 Å². The highest BCUT2D eigenvalue weighted by molar-refractivity contribution is 7.99. The molecule has 0 spiro atoms. The summed E-state index contributed by atoms with van der Waals surface area (Å²) < 4.78 is 2.21. The zero-order chi connectivity index (χ0) is 23.2. The molecule has 0 atom stereocenters. The lowest BCUT2D eigenvalue weighted by molar-refractivity contribution is -0.128. The Morgan fingerprint density at radius 3 is 2.59 bits per heavy atom. The van der Waals surface area contributed by atoms with Gasteiger partial charge in [0.1, 0.15) is 10.9 Å². The second-order valence-electron chi connectivity index (χ2n) is 8.45. The van der Waals surface area contributed by atoms with Gasteiger partial charge in [0.2, 0.25) is 5.91 Å². The SMILES string of the molecule is O=C(CSc1cnc2ccccc2n1)N1CCCN(Cc2nccn2Cc2ccccc2)CC1. The number of benzene rings is 2. The van der Waals surface area contributed by atoms with E-state index < -0.39 is 0 Å². The van der Waals surface area contributed by atoms with E-state index in [0.717, 1.165) is 67.6 Å². The van der Waals surface area contributed by atoms with Gasteiger partial charge in [-0.3, -0.25) is 14.7 Å². The lowest BCUT2D eigenvalue weighted by Crippen LogP contribution is -2.36. The molecule has 0 bridgehead atoms. The van der Waals surface area contributed by atoms with E-state index in [9.17, 15) is 4.79 Å². The van der Waals surface area contributed by atoms with Gasteiger partial charge in [-0.05, 0) is 24.1 Å². The first kappa shape index (κ1) is 22.6. The largest absolute Gasteiger partial charge is 0.341 e. The smallest absolute Gasteiger partial charge is 0.233 e. The van der Waals surface area contributed by atoms with E-state index in [1.807, 2.05) is 47.6 Å². The molecule has 34 heavy (non-hydrogen) atoms. The van der Waals surface area contributed by atoms with Crippen molar-refractivity contribution in [2.24, 2.45) is 0 Å². The second-order valence-corrected chi connectivity index (χ2v) is 9.45. The Labute approximate surface area is 203 Å². The van der Waals surface area contributed by atoms with E-state index in [-0.39, 0.29) is 5.91 Å². The quantitative estimate of drug-likeness (QED) is 0.382. The van der Waals surface area contributed by atoms with Crippen LogP contribution in [0.25, 0.3) is 11.0 Å². The van der Waals surface area contributed by atoms with Crippen LogP contribution >= 0.6 is 11.8 Å². The summed E-state index contributed by atoms with van der Waals surface area (Å²) in [6.07, 6.45) is 6.63. The number of nitrogens with zero attached hydrogens (tertiary/aromatic N) is 6. The van der Waals surface area contributed by atoms with Crippen molar-refractivity contribution in [3.63, 3.8) is 0 Å². The first-order chi connectivity index (χ1) is 16.7. The average Bonchev–Trinajstić information content (AvgIpc) is 3.16. The molecule has 8 heteroatoms. The molecule has 0 saturated carbocycles. The Bertz CT molecular complexity index is 1240. The van der Waals surface area contributed by atoms with Gasteiger partial charge >= 0.3 is 0 Å². The Morgan fingerprint density at radius 2 is 1.71 bits per heavy atom. The van der Waals surface area contributed by atoms with Crippen LogP contribution in [-0.2, 0) is 17.9 Å². The van der Waals surface area contributed by atoms with Gasteiger partial charge in [-0.25, -0.2) is 9.97 Å². The van der Waals surface area contributed by atoms with Crippen LogP contribution in [0.4, 0.5) is 0 Å². The fourth-order valence-electron chi connectivity index (χ4n) is 4.23. The molecule has 2 aromatic heterocycles. The number of carbonyl (C=O) groups excluding carboxylic acids is 1. The van der Waals surface area contributed by atoms with Gasteiger partial charge in [-0.15, -0.1) is 0 Å². The van der Waals surface area contributed by atoms with E-state index >= 15 is 0 Å². The second kappa shape index (κ2) is 10.8. The number of rotatable bonds is 7. The molecule has 7 nitrogen and oxygen atoms in total. The van der Waals surface area contributed by atoms with Crippen molar-refractivity contribution in [2.75, 3.05) is 31.9 Å². The Morgan fingerprint density at radius 1 is 0.882 bits per heavy atom. The van der Waals surface area contributed by atoms with Gasteiger partial charge in [0.05, 0.1) is 29.5 Å². The molecule has 1 saturated heterocycles. The standard InChI is InChI=1S/C26H28N6OS/c33-26(20-34-25-17-28-22-9-4-5-10-23(22)29-25)31-13-6-12-30(15-16-31)19-24-27-11-14-32(24)18-21-7-2-1-3-8-21/h1-5,7-11,14,17H,6,12-13,15-16,18-20H2. The zero-order valence-electron chi connectivity index (χ0n) is 19.1. The summed E-state index contributed by atoms with van der Waals surface area (Å²) in [5.41, 5.74) is 2.99. The molecule has 1 aliphatic rings. The highest BCUT2D eigenvalue weighted by Gasteiger charge is 2.20. The van der Waals surface area contributed by atoms with Crippen molar-refractivity contribution in [2.45, 2.75) is 24.5 Å². The number of hydrogen-bond donors (Lipinski definition) is 0. The number of aromatic nitrogens is 4. The molecule has 0 aliphatic carbocycles. The molecule has 4 aromatic rings. The third kappa shape index (κ3) is 5.63. The number of para-hydroxylation sites is 2. The van der Waals surface area contributed by atoms with Crippen LogP contribution in [0.1, 0.15) is 17.8 Å². The molecule has 0 N–H and O–H groups in total. The minimum Gasteiger partial charge on any atom is -0.341 e. The normalized spacial score (nSPS) is 14.9. The number of amides is 1. The molecule has 0 radical (unpaired) electrons. The molecule has 2 aromatic carbocycles. The summed E-state index contributed by atoms with van der Waals surface area (Å²) in [7, 11) is 0. The van der Waals surface area contributed by atoms with Crippen molar-refractivity contribution < 1.29 is 4.79 Å². The maximum absolute atomic E-state index is 12.9. The maximum atomic E-state index is 12.9. The van der Waals surface area contributed by atoms with Gasteiger partial charge in [-0.1, -0.05) is 54.2 Å². The molecule has 3 heterocycles. The molecular formula is C26H28N6OS. The number of hydrogen-bond acceptors (Lipinski definition) is 6. The summed E-state index contributed by atoms with van der Waals surface area (Å²) in [6, 6.07) is 18.2. The van der Waals surface area contributed by atoms with Crippen LogP contribution in [-0.4, -0.2) is 67.2 Å². The molecule has 1 amide bonds. The average molecular weight is 473 g/mol. The summed E-state index contributed by atoms with van der Waals surface area (Å²) in [5.74, 6) is 1.61. The predicted molar refractivity (Wildman–Crippen MR) is 135 cm³/mol. The van der Waals surface area contributed by atoms with E-state index in [1.54, 1.807) is 6.20 Å². The molecule has 1 fully saturated rings. The minimum absolute atomic E-state index is 0.160. The van der Waals surface area contributed by atoms with Crippen molar-refractivity contribution in [3.8, 4) is 0 Å². The number of fused-ring (bicyclic) bond motifs is 1. The summed E-state index contributed by atoms with van der Waals surface area (Å²) in [5, 5.41) is 0.786. The molecule has 1 aliphatic heterocycles. The van der Waals surface area contributed by atoms with Crippen molar-refractivity contribution >= 4 is 28.7 Å². The third-order valence-electron chi connectivity index (χ3n) is 6.07. The first-order valence-corrected chi connectivity index (χ1v) is 12.6. The summed E-state index contributed by atoms with van der Waals surface area (Å²) >= 11 is 1.46. The third-order valence-corrected chi connectivity index (χ3v) is 6.96. The first-order valence-electron chi connectivity index (χ1n) is 11.6. The molecule has 5 rings (SSSR count). The predicted octanol–water partition coefficient (Wildman–Crippen LogP) is 3.70. The van der Waals surface area contributed by atoms with E-state index in [2.05, 4.69) is 48.7 Å². The minimum atomic E-state index is 0.160. The van der Waals surface area contributed by atoms with Gasteiger partial charge in [-0.2, -0.15) is 0 Å². The molecule has 174 valence electrons. The van der Waals surface area contributed by atoms with Crippen LogP contribution in [0.3, 0.4) is 0 Å². The number of imidazole rings is 1. The van der Waals surface area contributed by atoms with Gasteiger partial charge in [0.15, 0.2) is 0 Å². The maximum Gasteiger partial charge on any atom is 0.233 e. The Kier molecular flexibility index (Phi) is 7.16. The fraction of sp³-hybridized carbons (Fsp3) is 0.308. The summed E-state index contributed by atoms with van der Waals surface area (Å²) in [4.78, 5) is 30.9. The highest BCUT2D eigenvalue weighted by Crippen LogP contribution is 2.19. The molecular weight excluding hydrogens is 444 g/mol. The molecule has 0 unspecified atom stereocenters. The zero-order valence-corrected chi connectivity index (χ0v) is 19.9. The van der Waals surface area contributed by atoms with Gasteiger partial charge in [0, 0.05) is 45.1 Å². The monoisotopic (exact) mass is 472 g/mol. The Hall–Kier alpha value is -3.23. The topological polar surface area (TPSA) is 67.2 Å².